The number of amides is 1. The summed E-state index contributed by atoms with van der Waals surface area (Å²) >= 11 is 0. The van der Waals surface area contributed by atoms with E-state index in [1.807, 2.05) is 31.1 Å². The molecule has 1 amide bonds. The molecule has 0 radical (unpaired) electrons. The molecular formula is C28H39F3N4O. The minimum Gasteiger partial charge on any atom is -0.376 e. The van der Waals surface area contributed by atoms with Crippen molar-refractivity contribution in [2.45, 2.75) is 52.5 Å². The van der Waals surface area contributed by atoms with Crippen LogP contribution in [0.1, 0.15) is 43.0 Å². The number of fused-ring (bicyclic) bond motifs is 1. The average molecular weight is 505 g/mol. The Bertz CT molecular complexity index is 1020. The van der Waals surface area contributed by atoms with Crippen molar-refractivity contribution in [1.82, 2.24) is 14.7 Å². The maximum atomic E-state index is 13.5. The topological polar surface area (TPSA) is 38.8 Å². The Labute approximate surface area is 213 Å². The van der Waals surface area contributed by atoms with E-state index in [2.05, 4.69) is 37.1 Å². The molecule has 1 N–H and O–H groups in total. The molecule has 1 aliphatic heterocycles. The van der Waals surface area contributed by atoms with Crippen LogP contribution >= 0.6 is 0 Å². The maximum absolute atomic E-state index is 13.5. The monoisotopic (exact) mass is 504 g/mol. The summed E-state index contributed by atoms with van der Waals surface area (Å²) < 4.78 is 40.6. The van der Waals surface area contributed by atoms with Gasteiger partial charge in [-0.05, 0) is 62.2 Å². The molecule has 1 unspecified atom stereocenters. The van der Waals surface area contributed by atoms with Crippen LogP contribution in [0.4, 0.5) is 18.9 Å². The maximum Gasteiger partial charge on any atom is 0.416 e. The smallest absolute Gasteiger partial charge is 0.376 e. The molecule has 198 valence electrons. The summed E-state index contributed by atoms with van der Waals surface area (Å²) in [6.45, 7) is 9.42. The Kier molecular flexibility index (Phi) is 9.41. The van der Waals surface area contributed by atoms with Gasteiger partial charge in [0, 0.05) is 44.5 Å². The number of alkyl halides is 3. The van der Waals surface area contributed by atoms with Gasteiger partial charge in [0.25, 0.3) is 0 Å². The highest BCUT2D eigenvalue weighted by Gasteiger charge is 2.33. The third-order valence-corrected chi connectivity index (χ3v) is 7.12. The first-order valence-corrected chi connectivity index (χ1v) is 12.6. The highest BCUT2D eigenvalue weighted by atomic mass is 19.4. The van der Waals surface area contributed by atoms with E-state index in [9.17, 15) is 18.0 Å². The Balaban J connectivity index is 1.73. The Morgan fingerprint density at radius 3 is 2.44 bits per heavy atom. The van der Waals surface area contributed by atoms with Crippen LogP contribution in [-0.4, -0.2) is 66.9 Å². The summed E-state index contributed by atoms with van der Waals surface area (Å²) in [6.07, 6.45) is -3.57. The first-order chi connectivity index (χ1) is 17.0. The number of hydrogen-bond acceptors (Lipinski definition) is 4. The van der Waals surface area contributed by atoms with E-state index in [4.69, 9.17) is 0 Å². The molecule has 0 bridgehead atoms. The number of anilines is 1. The van der Waals surface area contributed by atoms with E-state index in [1.165, 1.54) is 28.2 Å². The van der Waals surface area contributed by atoms with E-state index in [0.717, 1.165) is 31.3 Å². The molecule has 3 rings (SSSR count). The Morgan fingerprint density at radius 1 is 1.06 bits per heavy atom. The zero-order valence-corrected chi connectivity index (χ0v) is 22.0. The van der Waals surface area contributed by atoms with Crippen molar-refractivity contribution in [2.24, 2.45) is 5.92 Å². The van der Waals surface area contributed by atoms with Crippen LogP contribution in [0.2, 0.25) is 0 Å². The van der Waals surface area contributed by atoms with Crippen LogP contribution < -0.4 is 5.32 Å². The molecule has 0 spiro atoms. The summed E-state index contributed by atoms with van der Waals surface area (Å²) in [6, 6.07) is 12.1. The average Bonchev–Trinajstić information content (AvgIpc) is 2.83. The van der Waals surface area contributed by atoms with Gasteiger partial charge in [-0.25, -0.2) is 0 Å². The van der Waals surface area contributed by atoms with Gasteiger partial charge in [0.05, 0.1) is 12.1 Å². The molecule has 0 saturated carbocycles. The summed E-state index contributed by atoms with van der Waals surface area (Å²) in [4.78, 5) is 19.2. The second-order valence-corrected chi connectivity index (χ2v) is 10.3. The van der Waals surface area contributed by atoms with Gasteiger partial charge >= 0.3 is 6.18 Å². The zero-order chi connectivity index (χ0) is 26.5. The van der Waals surface area contributed by atoms with Crippen LogP contribution in [0, 0.1) is 5.92 Å². The number of nitrogens with zero attached hydrogens (tertiary/aromatic N) is 3. The molecule has 1 atom stereocenters. The number of halogens is 3. The number of carbonyl (C=O) groups is 1. The van der Waals surface area contributed by atoms with Crippen molar-refractivity contribution in [3.8, 4) is 0 Å². The molecule has 2 aromatic rings. The van der Waals surface area contributed by atoms with Crippen LogP contribution in [0.25, 0.3) is 0 Å². The minimum atomic E-state index is -4.46. The lowest BCUT2D eigenvalue weighted by Crippen LogP contribution is -2.41. The summed E-state index contributed by atoms with van der Waals surface area (Å²) in [5, 5.41) is 3.29. The van der Waals surface area contributed by atoms with E-state index < -0.39 is 11.7 Å². The van der Waals surface area contributed by atoms with Crippen molar-refractivity contribution in [1.29, 1.82) is 0 Å². The normalized spacial score (nSPS) is 15.2. The van der Waals surface area contributed by atoms with Gasteiger partial charge in [-0.3, -0.25) is 9.69 Å². The summed E-state index contributed by atoms with van der Waals surface area (Å²) in [5.41, 5.74) is 2.82. The molecule has 36 heavy (non-hydrogen) atoms. The van der Waals surface area contributed by atoms with Gasteiger partial charge in [0.15, 0.2) is 0 Å². The van der Waals surface area contributed by atoms with Crippen LogP contribution in [0.3, 0.4) is 0 Å². The van der Waals surface area contributed by atoms with Crippen LogP contribution in [0.15, 0.2) is 42.5 Å². The molecule has 1 aliphatic rings. The predicted molar refractivity (Wildman–Crippen MR) is 139 cm³/mol. The second kappa shape index (κ2) is 12.1. The number of likely N-dealkylation sites (N-methyl/N-ethyl adjacent to an activating group) is 1. The third-order valence-electron chi connectivity index (χ3n) is 7.12. The molecule has 0 aliphatic carbocycles. The van der Waals surface area contributed by atoms with Crippen LogP contribution in [-0.2, 0) is 30.5 Å². The zero-order valence-electron chi connectivity index (χ0n) is 22.0. The minimum absolute atomic E-state index is 0.0319. The molecule has 1 heterocycles. The number of rotatable bonds is 10. The fourth-order valence-electron chi connectivity index (χ4n) is 4.60. The van der Waals surface area contributed by atoms with Gasteiger partial charge in [-0.15, -0.1) is 0 Å². The van der Waals surface area contributed by atoms with E-state index >= 15 is 0 Å². The molecule has 0 fully saturated rings. The fourth-order valence-corrected chi connectivity index (χ4v) is 4.60. The standard InChI is InChI=1S/C28H39F3N4O/c1-20(2)21(3)34-14-13-24-22(18-34)10-8-12-26(24)32-17-27(36)35(16-15-33(4)5)19-23-9-6-7-11-25(23)28(29,30)31/h6-12,20-21,32H,13-19H2,1-5H3. The van der Waals surface area contributed by atoms with Crippen molar-refractivity contribution < 1.29 is 18.0 Å². The van der Waals surface area contributed by atoms with E-state index in [0.29, 0.717) is 25.0 Å². The lowest BCUT2D eigenvalue weighted by atomic mass is 9.94. The lowest BCUT2D eigenvalue weighted by Gasteiger charge is -2.36. The quantitative estimate of drug-likeness (QED) is 0.488. The number of carbonyl (C=O) groups excluding carboxylic acids is 1. The highest BCUT2D eigenvalue weighted by molar-refractivity contribution is 5.81. The van der Waals surface area contributed by atoms with E-state index in [-0.39, 0.29) is 24.6 Å². The van der Waals surface area contributed by atoms with E-state index in [1.54, 1.807) is 6.07 Å². The van der Waals surface area contributed by atoms with Crippen molar-refractivity contribution >= 4 is 11.6 Å². The molecule has 2 aromatic carbocycles. The number of hydrogen-bond donors (Lipinski definition) is 1. The molecule has 5 nitrogen and oxygen atoms in total. The summed E-state index contributed by atoms with van der Waals surface area (Å²) in [7, 11) is 3.76. The second-order valence-electron chi connectivity index (χ2n) is 10.3. The van der Waals surface area contributed by atoms with Gasteiger partial charge in [-0.2, -0.15) is 13.2 Å². The molecular weight excluding hydrogens is 465 g/mol. The highest BCUT2D eigenvalue weighted by Crippen LogP contribution is 2.32. The van der Waals surface area contributed by atoms with Gasteiger partial charge in [-0.1, -0.05) is 44.2 Å². The molecule has 0 saturated heterocycles. The lowest BCUT2D eigenvalue weighted by molar-refractivity contribution is -0.139. The van der Waals surface area contributed by atoms with Crippen molar-refractivity contribution in [3.05, 3.63) is 64.7 Å². The Morgan fingerprint density at radius 2 is 1.78 bits per heavy atom. The van der Waals surface area contributed by atoms with Gasteiger partial charge < -0.3 is 15.1 Å². The number of benzene rings is 2. The SMILES string of the molecule is CC(C)C(C)N1CCc2c(cccc2NCC(=O)N(CCN(C)C)Cc2ccccc2C(F)(F)F)C1. The third kappa shape index (κ3) is 7.23. The van der Waals surface area contributed by atoms with Gasteiger partial charge in [0.1, 0.15) is 0 Å². The van der Waals surface area contributed by atoms with Crippen LogP contribution in [0.5, 0.6) is 0 Å². The number of nitrogens with one attached hydrogen (secondary N) is 1. The molecule has 0 aromatic heterocycles. The predicted octanol–water partition coefficient (Wildman–Crippen LogP) is 5.11. The van der Waals surface area contributed by atoms with Crippen molar-refractivity contribution in [3.63, 3.8) is 0 Å². The fraction of sp³-hybridized carbons (Fsp3) is 0.536. The largest absolute Gasteiger partial charge is 0.416 e. The van der Waals surface area contributed by atoms with Gasteiger partial charge in [0.2, 0.25) is 5.91 Å². The van der Waals surface area contributed by atoms with Crippen molar-refractivity contribution in [2.75, 3.05) is 45.6 Å². The molecule has 8 heteroatoms. The first kappa shape index (κ1) is 28.0. The summed E-state index contributed by atoms with van der Waals surface area (Å²) in [5.74, 6) is 0.346. The first-order valence-electron chi connectivity index (χ1n) is 12.6. The Hall–Kier alpha value is -2.58.